The van der Waals surface area contributed by atoms with E-state index in [0.29, 0.717) is 0 Å². The summed E-state index contributed by atoms with van der Waals surface area (Å²) >= 11 is 3.43. The Labute approximate surface area is 94.4 Å². The molecule has 0 saturated heterocycles. The van der Waals surface area contributed by atoms with Gasteiger partial charge in [-0.15, -0.1) is 0 Å². The number of unbranched alkanes of at least 4 members (excludes halogenated alkanes) is 1. The summed E-state index contributed by atoms with van der Waals surface area (Å²) in [6.45, 7) is 4.02. The van der Waals surface area contributed by atoms with E-state index in [2.05, 4.69) is 33.9 Å². The van der Waals surface area contributed by atoms with E-state index in [1.165, 1.54) is 12.8 Å². The molecule has 0 atom stereocenters. The molecular formula is C11H18BrNO. The molecule has 0 unspecified atom stereocenters. The van der Waals surface area contributed by atoms with Crippen LogP contribution < -0.4 is 0 Å². The minimum Gasteiger partial charge on any atom is -0.465 e. The Morgan fingerprint density at radius 2 is 2.14 bits per heavy atom. The van der Waals surface area contributed by atoms with Crippen LogP contribution >= 0.6 is 15.9 Å². The van der Waals surface area contributed by atoms with Crippen molar-refractivity contribution in [3.05, 3.63) is 23.7 Å². The molecule has 1 rings (SSSR count). The summed E-state index contributed by atoms with van der Waals surface area (Å²) in [4.78, 5) is 2.29. The van der Waals surface area contributed by atoms with Crippen LogP contribution in [-0.4, -0.2) is 23.8 Å². The predicted molar refractivity (Wildman–Crippen MR) is 62.8 cm³/mol. The number of alkyl halides is 1. The fourth-order valence-electron chi connectivity index (χ4n) is 1.39. The van der Waals surface area contributed by atoms with Crippen molar-refractivity contribution < 1.29 is 4.42 Å². The number of aryl methyl sites for hydroxylation is 1. The predicted octanol–water partition coefficient (Wildman–Crippen LogP) is 3.19. The summed E-state index contributed by atoms with van der Waals surface area (Å²) in [6, 6.07) is 4.07. The zero-order valence-electron chi connectivity index (χ0n) is 8.92. The van der Waals surface area contributed by atoms with E-state index < -0.39 is 0 Å². The molecule has 0 N–H and O–H groups in total. The first-order valence-corrected chi connectivity index (χ1v) is 6.14. The van der Waals surface area contributed by atoms with Gasteiger partial charge in [0, 0.05) is 5.33 Å². The maximum atomic E-state index is 5.51. The second kappa shape index (κ2) is 6.25. The lowest BCUT2D eigenvalue weighted by Crippen LogP contribution is -2.18. The summed E-state index contributed by atoms with van der Waals surface area (Å²) in [6.07, 6.45) is 2.48. The van der Waals surface area contributed by atoms with Gasteiger partial charge in [0.15, 0.2) is 0 Å². The molecule has 0 aromatic carbocycles. The lowest BCUT2D eigenvalue weighted by molar-refractivity contribution is 0.288. The van der Waals surface area contributed by atoms with E-state index in [4.69, 9.17) is 4.42 Å². The van der Waals surface area contributed by atoms with E-state index in [0.717, 1.165) is 29.9 Å². The van der Waals surface area contributed by atoms with Crippen molar-refractivity contribution in [3.8, 4) is 0 Å². The van der Waals surface area contributed by atoms with Crippen LogP contribution in [0.4, 0.5) is 0 Å². The third-order valence-corrected chi connectivity index (χ3v) is 2.71. The fraction of sp³-hybridized carbons (Fsp3) is 0.636. The quantitative estimate of drug-likeness (QED) is 0.577. The topological polar surface area (TPSA) is 16.4 Å². The van der Waals surface area contributed by atoms with Crippen LogP contribution in [0, 0.1) is 6.92 Å². The van der Waals surface area contributed by atoms with Gasteiger partial charge < -0.3 is 4.42 Å². The zero-order chi connectivity index (χ0) is 10.4. The molecular weight excluding hydrogens is 242 g/mol. The van der Waals surface area contributed by atoms with Crippen molar-refractivity contribution in [1.29, 1.82) is 0 Å². The standard InChI is InChI=1S/C11H18BrNO/c1-10-5-6-11(14-10)9-13(2)8-4-3-7-12/h5-6H,3-4,7-9H2,1-2H3. The van der Waals surface area contributed by atoms with Crippen LogP contribution in [0.3, 0.4) is 0 Å². The lowest BCUT2D eigenvalue weighted by Gasteiger charge is -2.14. The molecule has 0 spiro atoms. The molecule has 14 heavy (non-hydrogen) atoms. The summed E-state index contributed by atoms with van der Waals surface area (Å²) in [5.74, 6) is 2.05. The maximum absolute atomic E-state index is 5.51. The third-order valence-electron chi connectivity index (χ3n) is 2.15. The molecule has 1 aromatic rings. The number of hydrogen-bond donors (Lipinski definition) is 0. The number of furan rings is 1. The molecule has 0 fully saturated rings. The highest BCUT2D eigenvalue weighted by Gasteiger charge is 2.02. The second-order valence-corrected chi connectivity index (χ2v) is 4.44. The normalized spacial score (nSPS) is 11.1. The second-order valence-electron chi connectivity index (χ2n) is 3.65. The van der Waals surface area contributed by atoms with Gasteiger partial charge in [-0.3, -0.25) is 4.90 Å². The van der Waals surface area contributed by atoms with Gasteiger partial charge >= 0.3 is 0 Å². The van der Waals surface area contributed by atoms with Crippen molar-refractivity contribution >= 4 is 15.9 Å². The highest BCUT2D eigenvalue weighted by molar-refractivity contribution is 9.09. The third kappa shape index (κ3) is 4.29. The first kappa shape index (κ1) is 11.8. The molecule has 0 bridgehead atoms. The van der Waals surface area contributed by atoms with Gasteiger partial charge in [-0.1, -0.05) is 15.9 Å². The Kier molecular flexibility index (Phi) is 5.26. The zero-order valence-corrected chi connectivity index (χ0v) is 10.5. The van der Waals surface area contributed by atoms with E-state index in [1.807, 2.05) is 13.0 Å². The molecule has 1 heterocycles. The van der Waals surface area contributed by atoms with Crippen molar-refractivity contribution in [1.82, 2.24) is 4.90 Å². The Balaban J connectivity index is 2.23. The average Bonchev–Trinajstić information content (AvgIpc) is 2.52. The van der Waals surface area contributed by atoms with Crippen molar-refractivity contribution in [2.75, 3.05) is 18.9 Å². The van der Waals surface area contributed by atoms with E-state index in [1.54, 1.807) is 0 Å². The summed E-state index contributed by atoms with van der Waals surface area (Å²) < 4.78 is 5.51. The maximum Gasteiger partial charge on any atom is 0.118 e. The molecule has 0 aliphatic heterocycles. The minimum absolute atomic E-state index is 0.913. The van der Waals surface area contributed by atoms with Gasteiger partial charge in [-0.25, -0.2) is 0 Å². The Morgan fingerprint density at radius 1 is 1.36 bits per heavy atom. The molecule has 0 radical (unpaired) electrons. The average molecular weight is 260 g/mol. The van der Waals surface area contributed by atoms with Gasteiger partial charge in [0.25, 0.3) is 0 Å². The SMILES string of the molecule is Cc1ccc(CN(C)CCCCBr)o1. The van der Waals surface area contributed by atoms with E-state index in [9.17, 15) is 0 Å². The van der Waals surface area contributed by atoms with Gasteiger partial charge in [0.05, 0.1) is 6.54 Å². The van der Waals surface area contributed by atoms with Crippen LogP contribution in [-0.2, 0) is 6.54 Å². The number of hydrogen-bond acceptors (Lipinski definition) is 2. The van der Waals surface area contributed by atoms with Crippen LogP contribution in [0.5, 0.6) is 0 Å². The fourth-order valence-corrected chi connectivity index (χ4v) is 1.79. The molecule has 2 nitrogen and oxygen atoms in total. The molecule has 0 aliphatic carbocycles. The molecule has 3 heteroatoms. The van der Waals surface area contributed by atoms with E-state index >= 15 is 0 Å². The Bertz CT molecular complexity index is 260. The van der Waals surface area contributed by atoms with Crippen molar-refractivity contribution in [2.24, 2.45) is 0 Å². The van der Waals surface area contributed by atoms with Crippen LogP contribution in [0.2, 0.25) is 0 Å². The highest BCUT2D eigenvalue weighted by Crippen LogP contribution is 2.09. The first-order chi connectivity index (χ1) is 6.72. The van der Waals surface area contributed by atoms with Crippen LogP contribution in [0.1, 0.15) is 24.4 Å². The van der Waals surface area contributed by atoms with Crippen LogP contribution in [0.15, 0.2) is 16.5 Å². The van der Waals surface area contributed by atoms with Crippen molar-refractivity contribution in [3.63, 3.8) is 0 Å². The van der Waals surface area contributed by atoms with E-state index in [-0.39, 0.29) is 0 Å². The molecule has 1 aromatic heterocycles. The van der Waals surface area contributed by atoms with Crippen LogP contribution in [0.25, 0.3) is 0 Å². The lowest BCUT2D eigenvalue weighted by atomic mass is 10.3. The Hall–Kier alpha value is -0.280. The largest absolute Gasteiger partial charge is 0.465 e. The highest BCUT2D eigenvalue weighted by atomic mass is 79.9. The summed E-state index contributed by atoms with van der Waals surface area (Å²) in [5, 5.41) is 1.10. The number of rotatable bonds is 6. The molecule has 0 saturated carbocycles. The minimum atomic E-state index is 0.913. The summed E-state index contributed by atoms with van der Waals surface area (Å²) in [7, 11) is 2.13. The number of halogens is 1. The smallest absolute Gasteiger partial charge is 0.118 e. The van der Waals surface area contributed by atoms with Gasteiger partial charge in [0.2, 0.25) is 0 Å². The molecule has 0 amide bonds. The molecule has 80 valence electrons. The monoisotopic (exact) mass is 259 g/mol. The molecule has 0 aliphatic rings. The first-order valence-electron chi connectivity index (χ1n) is 5.02. The summed E-state index contributed by atoms with van der Waals surface area (Å²) in [5.41, 5.74) is 0. The number of nitrogens with zero attached hydrogens (tertiary/aromatic N) is 1. The van der Waals surface area contributed by atoms with Gasteiger partial charge in [-0.2, -0.15) is 0 Å². The van der Waals surface area contributed by atoms with Gasteiger partial charge in [-0.05, 0) is 45.5 Å². The van der Waals surface area contributed by atoms with Crippen molar-refractivity contribution in [2.45, 2.75) is 26.3 Å². The van der Waals surface area contributed by atoms with Gasteiger partial charge in [0.1, 0.15) is 11.5 Å². The Morgan fingerprint density at radius 3 is 2.71 bits per heavy atom.